The molecule has 138 valence electrons. The van der Waals surface area contributed by atoms with Crippen LogP contribution in [0.3, 0.4) is 0 Å². The molecule has 0 atom stereocenters. The molecule has 0 bridgehead atoms. The van der Waals surface area contributed by atoms with Crippen molar-refractivity contribution in [1.82, 2.24) is 4.98 Å². The summed E-state index contributed by atoms with van der Waals surface area (Å²) in [5.41, 5.74) is 6.08. The number of fused-ring (bicyclic) bond motifs is 3. The zero-order valence-electron chi connectivity index (χ0n) is 16.3. The quantitative estimate of drug-likeness (QED) is 0.342. The maximum Gasteiger partial charge on any atom is 0.228 e. The zero-order chi connectivity index (χ0) is 18.8. The summed E-state index contributed by atoms with van der Waals surface area (Å²) < 4.78 is 8.77. The molecule has 2 aliphatic rings. The standard InChI is InChI=1S/C25H23N2O/c1-15-19-8-5-10-26-20(19)14-22-23(15)25-24-17(9-11-27(25)2)12-18(13-21(24)28-22)16-6-3-4-7-16/h5,8-14,16H,3-4,6-7H2,1-2H3/q+1. The average molecular weight is 367 g/mol. The molecule has 1 aliphatic carbocycles. The fourth-order valence-electron chi connectivity index (χ4n) is 5.22. The lowest BCUT2D eigenvalue weighted by Crippen LogP contribution is -2.31. The number of pyridine rings is 2. The van der Waals surface area contributed by atoms with Crippen molar-refractivity contribution >= 4 is 21.7 Å². The molecule has 0 radical (unpaired) electrons. The molecule has 28 heavy (non-hydrogen) atoms. The van der Waals surface area contributed by atoms with Crippen LogP contribution in [0.5, 0.6) is 11.5 Å². The Balaban J connectivity index is 1.69. The molecule has 1 saturated carbocycles. The van der Waals surface area contributed by atoms with Crippen LogP contribution >= 0.6 is 0 Å². The molecule has 3 heterocycles. The summed E-state index contributed by atoms with van der Waals surface area (Å²) in [6.07, 6.45) is 9.30. The fraction of sp³-hybridized carbons (Fsp3) is 0.280. The number of aromatic nitrogens is 2. The second-order valence-corrected chi connectivity index (χ2v) is 8.29. The molecule has 2 aromatic carbocycles. The van der Waals surface area contributed by atoms with Crippen LogP contribution in [0.1, 0.15) is 42.7 Å². The van der Waals surface area contributed by atoms with Gasteiger partial charge in [-0.2, -0.15) is 0 Å². The third-order valence-corrected chi connectivity index (χ3v) is 6.64. The largest absolute Gasteiger partial charge is 0.455 e. The van der Waals surface area contributed by atoms with Crippen LogP contribution in [0, 0.1) is 6.92 Å². The molecule has 3 heteroatoms. The van der Waals surface area contributed by atoms with E-state index in [1.165, 1.54) is 64.2 Å². The van der Waals surface area contributed by atoms with Gasteiger partial charge in [0.15, 0.2) is 6.20 Å². The lowest BCUT2D eigenvalue weighted by atomic mass is 9.90. The van der Waals surface area contributed by atoms with Gasteiger partial charge in [-0.05, 0) is 54.3 Å². The molecular weight excluding hydrogens is 344 g/mol. The minimum atomic E-state index is 0.669. The smallest absolute Gasteiger partial charge is 0.228 e. The second-order valence-electron chi connectivity index (χ2n) is 8.29. The summed E-state index contributed by atoms with van der Waals surface area (Å²) in [5.74, 6) is 2.58. The minimum absolute atomic E-state index is 0.669. The first-order valence-corrected chi connectivity index (χ1v) is 10.2. The van der Waals surface area contributed by atoms with E-state index in [1.54, 1.807) is 0 Å². The van der Waals surface area contributed by atoms with Crippen LogP contribution in [0.4, 0.5) is 0 Å². The monoisotopic (exact) mass is 367 g/mol. The van der Waals surface area contributed by atoms with Crippen LogP contribution in [0.15, 0.2) is 48.8 Å². The van der Waals surface area contributed by atoms with E-state index in [9.17, 15) is 0 Å². The Hall–Kier alpha value is -2.94. The predicted molar refractivity (Wildman–Crippen MR) is 112 cm³/mol. The van der Waals surface area contributed by atoms with Crippen molar-refractivity contribution in [1.29, 1.82) is 0 Å². The van der Waals surface area contributed by atoms with E-state index in [0.717, 1.165) is 17.0 Å². The highest BCUT2D eigenvalue weighted by Crippen LogP contribution is 2.49. The second kappa shape index (κ2) is 5.78. The number of hydrogen-bond donors (Lipinski definition) is 0. The molecule has 0 N–H and O–H groups in total. The number of benzene rings is 2. The van der Waals surface area contributed by atoms with Crippen LogP contribution < -0.4 is 9.30 Å². The van der Waals surface area contributed by atoms with E-state index >= 15 is 0 Å². The lowest BCUT2D eigenvalue weighted by Gasteiger charge is -2.23. The summed E-state index contributed by atoms with van der Waals surface area (Å²) in [7, 11) is 2.13. The predicted octanol–water partition coefficient (Wildman–Crippen LogP) is 5.95. The summed E-state index contributed by atoms with van der Waals surface area (Å²) in [5, 5.41) is 3.70. The van der Waals surface area contributed by atoms with E-state index in [0.29, 0.717) is 5.92 Å². The lowest BCUT2D eigenvalue weighted by molar-refractivity contribution is -0.659. The third-order valence-electron chi connectivity index (χ3n) is 6.64. The number of hydrogen-bond acceptors (Lipinski definition) is 2. The first kappa shape index (κ1) is 16.1. The molecule has 6 rings (SSSR count). The van der Waals surface area contributed by atoms with Gasteiger partial charge >= 0.3 is 0 Å². The molecule has 0 unspecified atom stereocenters. The van der Waals surface area contributed by atoms with E-state index in [-0.39, 0.29) is 0 Å². The Labute approximate surface area is 164 Å². The molecule has 2 aromatic heterocycles. The van der Waals surface area contributed by atoms with Crippen LogP contribution in [-0.2, 0) is 7.05 Å². The molecule has 3 nitrogen and oxygen atoms in total. The first-order chi connectivity index (χ1) is 13.7. The Morgan fingerprint density at radius 3 is 2.79 bits per heavy atom. The maximum absolute atomic E-state index is 6.54. The Morgan fingerprint density at radius 2 is 1.93 bits per heavy atom. The van der Waals surface area contributed by atoms with Gasteiger partial charge in [0, 0.05) is 23.7 Å². The summed E-state index contributed by atoms with van der Waals surface area (Å²) >= 11 is 0. The number of aryl methyl sites for hydroxylation is 2. The first-order valence-electron chi connectivity index (χ1n) is 10.2. The van der Waals surface area contributed by atoms with Gasteiger partial charge in [-0.15, -0.1) is 0 Å². The van der Waals surface area contributed by atoms with Crippen molar-refractivity contribution in [3.63, 3.8) is 0 Å². The van der Waals surface area contributed by atoms with E-state index in [1.807, 2.05) is 12.3 Å². The maximum atomic E-state index is 6.54. The Bertz CT molecular complexity index is 1270. The highest BCUT2D eigenvalue weighted by molar-refractivity contribution is 6.04. The van der Waals surface area contributed by atoms with Gasteiger partial charge < -0.3 is 4.74 Å². The third kappa shape index (κ3) is 2.16. The van der Waals surface area contributed by atoms with Gasteiger partial charge in [0.25, 0.3) is 0 Å². The van der Waals surface area contributed by atoms with Crippen molar-refractivity contribution in [2.45, 2.75) is 38.5 Å². The van der Waals surface area contributed by atoms with Crippen molar-refractivity contribution in [3.05, 3.63) is 59.9 Å². The highest BCUT2D eigenvalue weighted by Gasteiger charge is 2.31. The number of ether oxygens (including phenoxy) is 1. The van der Waals surface area contributed by atoms with E-state index in [4.69, 9.17) is 4.74 Å². The number of nitrogens with zero attached hydrogens (tertiary/aromatic N) is 2. The van der Waals surface area contributed by atoms with Gasteiger partial charge in [0.1, 0.15) is 18.5 Å². The van der Waals surface area contributed by atoms with Crippen molar-refractivity contribution in [3.8, 4) is 22.8 Å². The Kier molecular flexibility index (Phi) is 3.31. The Morgan fingerprint density at radius 1 is 1.07 bits per heavy atom. The van der Waals surface area contributed by atoms with Crippen LogP contribution in [0.25, 0.3) is 32.9 Å². The molecule has 0 saturated heterocycles. The van der Waals surface area contributed by atoms with Gasteiger partial charge in [-0.25, -0.2) is 4.57 Å². The normalized spacial score (nSPS) is 15.8. The molecule has 1 aliphatic heterocycles. The van der Waals surface area contributed by atoms with Crippen LogP contribution in [-0.4, -0.2) is 4.98 Å². The average Bonchev–Trinajstić information content (AvgIpc) is 3.25. The van der Waals surface area contributed by atoms with Gasteiger partial charge in [-0.1, -0.05) is 25.0 Å². The highest BCUT2D eigenvalue weighted by atomic mass is 16.5. The summed E-state index contributed by atoms with van der Waals surface area (Å²) in [4.78, 5) is 4.57. The fourth-order valence-corrected chi connectivity index (χ4v) is 5.22. The number of rotatable bonds is 1. The summed E-state index contributed by atoms with van der Waals surface area (Å²) in [6.45, 7) is 2.18. The van der Waals surface area contributed by atoms with Crippen molar-refractivity contribution in [2.24, 2.45) is 7.05 Å². The molecule has 1 fully saturated rings. The molecular formula is C25H23N2O+. The van der Waals surface area contributed by atoms with E-state index in [2.05, 4.69) is 60.1 Å². The van der Waals surface area contributed by atoms with Gasteiger partial charge in [0.2, 0.25) is 5.69 Å². The molecule has 0 spiro atoms. The van der Waals surface area contributed by atoms with Crippen molar-refractivity contribution in [2.75, 3.05) is 0 Å². The van der Waals surface area contributed by atoms with Gasteiger partial charge in [0.05, 0.1) is 16.5 Å². The van der Waals surface area contributed by atoms with E-state index < -0.39 is 0 Å². The summed E-state index contributed by atoms with van der Waals surface area (Å²) in [6, 6.07) is 13.2. The molecule has 0 amide bonds. The van der Waals surface area contributed by atoms with Gasteiger partial charge in [-0.3, -0.25) is 4.98 Å². The molecule has 4 aromatic rings. The van der Waals surface area contributed by atoms with Crippen LogP contribution in [0.2, 0.25) is 0 Å². The SMILES string of the molecule is Cc1c2c(cc3ncccc13)Oc1cc(C3CCCC3)cc3cc[n+](C)c-2c13. The topological polar surface area (TPSA) is 26.0 Å². The van der Waals surface area contributed by atoms with Crippen molar-refractivity contribution < 1.29 is 9.30 Å². The minimum Gasteiger partial charge on any atom is -0.455 e. The zero-order valence-corrected chi connectivity index (χ0v) is 16.3.